The summed E-state index contributed by atoms with van der Waals surface area (Å²) in [6.45, 7) is 4.85. The van der Waals surface area contributed by atoms with E-state index in [1.165, 1.54) is 24.3 Å². The number of ether oxygens (including phenoxy) is 1. The molecule has 30 heavy (non-hydrogen) atoms. The molecule has 3 rings (SSSR count). The van der Waals surface area contributed by atoms with E-state index in [4.69, 9.17) is 11.6 Å². The van der Waals surface area contributed by atoms with E-state index < -0.39 is 6.36 Å². The largest absolute Gasteiger partial charge is 0.573 e. The summed E-state index contributed by atoms with van der Waals surface area (Å²) in [7, 11) is 0. The Labute approximate surface area is 178 Å². The monoisotopic (exact) mass is 441 g/mol. The van der Waals surface area contributed by atoms with Crippen LogP contribution in [-0.4, -0.2) is 47.9 Å². The standard InChI is InChI=1S/C21H23ClF3N3O2/c1-2-28(18-11-12-27(14-18)13-15-3-5-16(22)6-4-15)20(29)26-17-7-9-19(10-8-17)30-21(23,24)25/h3-10,18H,2,11-14H2,1H3,(H,26,29). The Hall–Kier alpha value is -2.45. The van der Waals surface area contributed by atoms with Crippen LogP contribution in [0.15, 0.2) is 48.5 Å². The molecule has 0 radical (unpaired) electrons. The first-order valence-electron chi connectivity index (χ1n) is 9.63. The molecular weight excluding hydrogens is 419 g/mol. The highest BCUT2D eigenvalue weighted by molar-refractivity contribution is 6.30. The number of alkyl halides is 3. The number of likely N-dealkylation sites (tertiary alicyclic amines) is 1. The highest BCUT2D eigenvalue weighted by Crippen LogP contribution is 2.25. The fourth-order valence-electron chi connectivity index (χ4n) is 3.56. The van der Waals surface area contributed by atoms with Gasteiger partial charge in [-0.3, -0.25) is 4.90 Å². The number of likely N-dealkylation sites (N-methyl/N-ethyl adjacent to an activating group) is 1. The Morgan fingerprint density at radius 2 is 1.87 bits per heavy atom. The maximum absolute atomic E-state index is 12.7. The molecule has 5 nitrogen and oxygen atoms in total. The molecule has 2 aromatic carbocycles. The topological polar surface area (TPSA) is 44.8 Å². The Morgan fingerprint density at radius 3 is 2.47 bits per heavy atom. The lowest BCUT2D eigenvalue weighted by atomic mass is 10.2. The van der Waals surface area contributed by atoms with Gasteiger partial charge in [-0.25, -0.2) is 4.79 Å². The van der Waals surface area contributed by atoms with Gasteiger partial charge < -0.3 is 15.0 Å². The lowest BCUT2D eigenvalue weighted by Crippen LogP contribution is -2.44. The predicted molar refractivity (Wildman–Crippen MR) is 110 cm³/mol. The minimum absolute atomic E-state index is 0.0649. The van der Waals surface area contributed by atoms with Crippen molar-refractivity contribution in [1.82, 2.24) is 9.80 Å². The van der Waals surface area contributed by atoms with E-state index in [1.807, 2.05) is 31.2 Å². The van der Waals surface area contributed by atoms with Crippen LogP contribution in [0, 0.1) is 0 Å². The Morgan fingerprint density at radius 1 is 1.20 bits per heavy atom. The molecule has 0 aromatic heterocycles. The SMILES string of the molecule is CCN(C(=O)Nc1ccc(OC(F)(F)F)cc1)C1CCN(Cc2ccc(Cl)cc2)C1. The molecule has 0 bridgehead atoms. The van der Waals surface area contributed by atoms with Crippen LogP contribution in [0.5, 0.6) is 5.75 Å². The Balaban J connectivity index is 1.55. The zero-order valence-corrected chi connectivity index (χ0v) is 17.2. The van der Waals surface area contributed by atoms with E-state index in [2.05, 4.69) is 15.0 Å². The zero-order valence-electron chi connectivity index (χ0n) is 16.5. The van der Waals surface area contributed by atoms with Gasteiger partial charge in [-0.15, -0.1) is 13.2 Å². The summed E-state index contributed by atoms with van der Waals surface area (Å²) in [6.07, 6.45) is -3.89. The molecule has 0 saturated carbocycles. The summed E-state index contributed by atoms with van der Waals surface area (Å²) in [5, 5.41) is 3.45. The fourth-order valence-corrected chi connectivity index (χ4v) is 3.69. The number of urea groups is 1. The second kappa shape index (κ2) is 9.57. The van der Waals surface area contributed by atoms with Crippen LogP contribution in [0.1, 0.15) is 18.9 Å². The summed E-state index contributed by atoms with van der Waals surface area (Å²) in [6, 6.07) is 12.6. The molecule has 0 aliphatic carbocycles. The molecule has 2 aromatic rings. The second-order valence-corrected chi connectivity index (χ2v) is 7.53. The number of rotatable bonds is 6. The first kappa shape index (κ1) is 22.2. The molecule has 1 unspecified atom stereocenters. The van der Waals surface area contributed by atoms with Crippen molar-refractivity contribution >= 4 is 23.3 Å². The van der Waals surface area contributed by atoms with E-state index in [0.29, 0.717) is 17.3 Å². The van der Waals surface area contributed by atoms with Crippen LogP contribution in [0.4, 0.5) is 23.7 Å². The van der Waals surface area contributed by atoms with Crippen molar-refractivity contribution in [3.63, 3.8) is 0 Å². The normalized spacial score (nSPS) is 17.0. The number of halogens is 4. The van der Waals surface area contributed by atoms with Crippen molar-refractivity contribution in [2.75, 3.05) is 25.0 Å². The first-order valence-corrected chi connectivity index (χ1v) is 10.0. The molecule has 1 fully saturated rings. The maximum Gasteiger partial charge on any atom is 0.573 e. The number of carbonyl (C=O) groups is 1. The van der Waals surface area contributed by atoms with Gasteiger partial charge in [0.2, 0.25) is 0 Å². The van der Waals surface area contributed by atoms with Crippen molar-refractivity contribution in [2.24, 2.45) is 0 Å². The third-order valence-corrected chi connectivity index (χ3v) is 5.20. The third kappa shape index (κ3) is 6.27. The molecule has 1 N–H and O–H groups in total. The van der Waals surface area contributed by atoms with E-state index in [1.54, 1.807) is 4.90 Å². The van der Waals surface area contributed by atoms with Crippen molar-refractivity contribution in [3.05, 3.63) is 59.1 Å². The van der Waals surface area contributed by atoms with Crippen LogP contribution >= 0.6 is 11.6 Å². The Bertz CT molecular complexity index is 844. The summed E-state index contributed by atoms with van der Waals surface area (Å²) in [5.74, 6) is -0.332. The van der Waals surface area contributed by atoms with Gasteiger partial charge in [-0.2, -0.15) is 0 Å². The molecule has 0 spiro atoms. The summed E-state index contributed by atoms with van der Waals surface area (Å²) >= 11 is 5.93. The fraction of sp³-hybridized carbons (Fsp3) is 0.381. The average molecular weight is 442 g/mol. The number of anilines is 1. The van der Waals surface area contributed by atoms with E-state index in [0.717, 1.165) is 31.6 Å². The van der Waals surface area contributed by atoms with Gasteiger partial charge in [-0.1, -0.05) is 23.7 Å². The molecule has 1 aliphatic rings. The molecule has 1 atom stereocenters. The number of nitrogens with one attached hydrogen (secondary N) is 1. The highest BCUT2D eigenvalue weighted by Gasteiger charge is 2.31. The summed E-state index contributed by atoms with van der Waals surface area (Å²) in [4.78, 5) is 16.8. The van der Waals surface area contributed by atoms with Gasteiger partial charge in [0, 0.05) is 42.9 Å². The van der Waals surface area contributed by atoms with Gasteiger partial charge in [0.05, 0.1) is 0 Å². The molecule has 162 valence electrons. The van der Waals surface area contributed by atoms with Crippen LogP contribution in [-0.2, 0) is 6.54 Å². The number of amides is 2. The van der Waals surface area contributed by atoms with Crippen molar-refractivity contribution in [1.29, 1.82) is 0 Å². The summed E-state index contributed by atoms with van der Waals surface area (Å²) < 4.78 is 40.6. The summed E-state index contributed by atoms with van der Waals surface area (Å²) in [5.41, 5.74) is 1.57. The smallest absolute Gasteiger partial charge is 0.406 e. The lowest BCUT2D eigenvalue weighted by molar-refractivity contribution is -0.274. The Kier molecular flexibility index (Phi) is 7.10. The molecule has 1 saturated heterocycles. The quantitative estimate of drug-likeness (QED) is 0.655. The zero-order chi connectivity index (χ0) is 21.7. The van der Waals surface area contributed by atoms with Crippen molar-refractivity contribution in [3.8, 4) is 5.75 Å². The highest BCUT2D eigenvalue weighted by atomic mass is 35.5. The molecule has 2 amide bonds. The van der Waals surface area contributed by atoms with E-state index >= 15 is 0 Å². The van der Waals surface area contributed by atoms with Gasteiger partial charge in [0.25, 0.3) is 0 Å². The minimum Gasteiger partial charge on any atom is -0.406 e. The predicted octanol–water partition coefficient (Wildman–Crippen LogP) is 5.37. The van der Waals surface area contributed by atoms with Crippen LogP contribution < -0.4 is 10.1 Å². The number of hydrogen-bond donors (Lipinski definition) is 1. The van der Waals surface area contributed by atoms with Crippen LogP contribution in [0.25, 0.3) is 0 Å². The number of hydrogen-bond acceptors (Lipinski definition) is 3. The van der Waals surface area contributed by atoms with Crippen LogP contribution in [0.3, 0.4) is 0 Å². The molecule has 1 heterocycles. The third-order valence-electron chi connectivity index (χ3n) is 4.95. The van der Waals surface area contributed by atoms with Gasteiger partial charge >= 0.3 is 12.4 Å². The van der Waals surface area contributed by atoms with Crippen LogP contribution in [0.2, 0.25) is 5.02 Å². The van der Waals surface area contributed by atoms with Gasteiger partial charge in [-0.05, 0) is 55.3 Å². The molecule has 9 heteroatoms. The average Bonchev–Trinajstić information content (AvgIpc) is 3.13. The first-order chi connectivity index (χ1) is 14.2. The van der Waals surface area contributed by atoms with Gasteiger partial charge in [0.15, 0.2) is 0 Å². The maximum atomic E-state index is 12.7. The van der Waals surface area contributed by atoms with E-state index in [9.17, 15) is 18.0 Å². The van der Waals surface area contributed by atoms with Crippen molar-refractivity contribution in [2.45, 2.75) is 32.3 Å². The molecule has 1 aliphatic heterocycles. The van der Waals surface area contributed by atoms with Gasteiger partial charge in [0.1, 0.15) is 5.75 Å². The molecular formula is C21H23ClF3N3O2. The van der Waals surface area contributed by atoms with E-state index in [-0.39, 0.29) is 17.8 Å². The van der Waals surface area contributed by atoms with Crippen molar-refractivity contribution < 1.29 is 22.7 Å². The number of benzene rings is 2. The minimum atomic E-state index is -4.75. The lowest BCUT2D eigenvalue weighted by Gasteiger charge is -2.28. The number of carbonyl (C=O) groups excluding carboxylic acids is 1. The number of nitrogens with zero attached hydrogens (tertiary/aromatic N) is 2. The second-order valence-electron chi connectivity index (χ2n) is 7.09.